The number of amides is 1. The van der Waals surface area contributed by atoms with Crippen molar-refractivity contribution in [1.29, 1.82) is 0 Å². The first-order valence-corrected chi connectivity index (χ1v) is 9.25. The fraction of sp³-hybridized carbons (Fsp3) is 0.467. The van der Waals surface area contributed by atoms with Crippen LogP contribution < -0.4 is 4.72 Å². The largest absolute Gasteiger partial charge is 0.481 e. The van der Waals surface area contributed by atoms with Gasteiger partial charge in [0.05, 0.1) is 37.6 Å². The number of hydrogen-bond donors (Lipinski definition) is 2. The number of rotatable bonds is 5. The number of carboxylic acids is 1. The first-order chi connectivity index (χ1) is 11.2. The lowest BCUT2D eigenvalue weighted by molar-refractivity contribution is -0.139. The molecule has 1 saturated heterocycles. The average Bonchev–Trinajstić information content (AvgIpc) is 2.47. The highest BCUT2D eigenvalue weighted by Crippen LogP contribution is 2.21. The SMILES string of the molecule is Cc1ccc(C(=O)N2CCOCC2CC(=O)O)cc1NS(C)(=O)=O. The summed E-state index contributed by atoms with van der Waals surface area (Å²) in [6, 6.07) is 4.16. The number of aryl methyl sites for hydroxylation is 1. The number of benzene rings is 1. The van der Waals surface area contributed by atoms with Crippen LogP contribution in [0.15, 0.2) is 18.2 Å². The van der Waals surface area contributed by atoms with Gasteiger partial charge in [0.25, 0.3) is 5.91 Å². The molecule has 1 aliphatic heterocycles. The van der Waals surface area contributed by atoms with Crippen molar-refractivity contribution in [1.82, 2.24) is 4.90 Å². The Balaban J connectivity index is 2.27. The van der Waals surface area contributed by atoms with Crippen molar-refractivity contribution in [2.75, 3.05) is 30.7 Å². The Bertz CT molecular complexity index is 746. The Morgan fingerprint density at radius 2 is 2.12 bits per heavy atom. The first kappa shape index (κ1) is 18.2. The number of carbonyl (C=O) groups excluding carboxylic acids is 1. The van der Waals surface area contributed by atoms with Crippen LogP contribution in [0.5, 0.6) is 0 Å². The maximum absolute atomic E-state index is 12.7. The Labute approximate surface area is 140 Å². The van der Waals surface area contributed by atoms with E-state index < -0.39 is 22.0 Å². The number of anilines is 1. The predicted octanol–water partition coefficient (Wildman–Crippen LogP) is 0.682. The van der Waals surface area contributed by atoms with Gasteiger partial charge in [-0.2, -0.15) is 0 Å². The summed E-state index contributed by atoms with van der Waals surface area (Å²) >= 11 is 0. The summed E-state index contributed by atoms with van der Waals surface area (Å²) in [4.78, 5) is 25.1. The highest BCUT2D eigenvalue weighted by atomic mass is 32.2. The molecule has 1 heterocycles. The van der Waals surface area contributed by atoms with E-state index in [0.29, 0.717) is 30.0 Å². The van der Waals surface area contributed by atoms with Gasteiger partial charge in [-0.1, -0.05) is 6.07 Å². The van der Waals surface area contributed by atoms with Gasteiger partial charge in [-0.15, -0.1) is 0 Å². The van der Waals surface area contributed by atoms with Gasteiger partial charge in [-0.3, -0.25) is 14.3 Å². The average molecular weight is 356 g/mol. The third-order valence-electron chi connectivity index (χ3n) is 3.68. The maximum Gasteiger partial charge on any atom is 0.305 e. The number of aliphatic carboxylic acids is 1. The molecule has 2 rings (SSSR count). The summed E-state index contributed by atoms with van der Waals surface area (Å²) < 4.78 is 30.5. The first-order valence-electron chi connectivity index (χ1n) is 7.36. The van der Waals surface area contributed by atoms with Crippen LogP contribution >= 0.6 is 0 Å². The monoisotopic (exact) mass is 356 g/mol. The van der Waals surface area contributed by atoms with Crippen LogP contribution in [-0.2, 0) is 19.6 Å². The summed E-state index contributed by atoms with van der Waals surface area (Å²) in [6.45, 7) is 2.52. The van der Waals surface area contributed by atoms with E-state index in [4.69, 9.17) is 9.84 Å². The molecule has 2 N–H and O–H groups in total. The molecular formula is C15H20N2O6S. The normalized spacial score (nSPS) is 18.2. The number of carboxylic acid groups (broad SMARTS) is 1. The number of ether oxygens (including phenoxy) is 1. The number of sulfonamides is 1. The molecule has 132 valence electrons. The molecule has 1 amide bonds. The second-order valence-corrected chi connectivity index (χ2v) is 7.48. The van der Waals surface area contributed by atoms with E-state index in [1.165, 1.54) is 11.0 Å². The number of nitrogens with one attached hydrogen (secondary N) is 1. The van der Waals surface area contributed by atoms with Crippen molar-refractivity contribution >= 4 is 27.6 Å². The van der Waals surface area contributed by atoms with E-state index in [2.05, 4.69) is 4.72 Å². The van der Waals surface area contributed by atoms with Gasteiger partial charge in [-0.25, -0.2) is 8.42 Å². The molecule has 0 radical (unpaired) electrons. The van der Waals surface area contributed by atoms with Crippen molar-refractivity contribution < 1.29 is 27.9 Å². The molecule has 0 bridgehead atoms. The lowest BCUT2D eigenvalue weighted by atomic mass is 10.1. The molecule has 1 fully saturated rings. The van der Waals surface area contributed by atoms with Crippen LogP contribution in [0.2, 0.25) is 0 Å². The predicted molar refractivity (Wildman–Crippen MR) is 87.5 cm³/mol. The molecule has 1 aromatic rings. The summed E-state index contributed by atoms with van der Waals surface area (Å²) in [7, 11) is -3.47. The lowest BCUT2D eigenvalue weighted by Crippen LogP contribution is -2.49. The van der Waals surface area contributed by atoms with Crippen LogP contribution in [0.1, 0.15) is 22.3 Å². The van der Waals surface area contributed by atoms with E-state index in [9.17, 15) is 18.0 Å². The highest BCUT2D eigenvalue weighted by Gasteiger charge is 2.30. The summed E-state index contributed by atoms with van der Waals surface area (Å²) in [5.74, 6) is -1.35. The smallest absolute Gasteiger partial charge is 0.305 e. The van der Waals surface area contributed by atoms with Crippen molar-refractivity contribution in [2.45, 2.75) is 19.4 Å². The molecule has 1 unspecified atom stereocenters. The van der Waals surface area contributed by atoms with Crippen molar-refractivity contribution in [2.24, 2.45) is 0 Å². The zero-order chi connectivity index (χ0) is 17.9. The zero-order valence-electron chi connectivity index (χ0n) is 13.5. The molecular weight excluding hydrogens is 336 g/mol. The van der Waals surface area contributed by atoms with Crippen molar-refractivity contribution in [3.8, 4) is 0 Å². The maximum atomic E-state index is 12.7. The van der Waals surface area contributed by atoms with E-state index >= 15 is 0 Å². The fourth-order valence-corrected chi connectivity index (χ4v) is 3.14. The Hall–Kier alpha value is -2.13. The second-order valence-electron chi connectivity index (χ2n) is 5.73. The molecule has 1 aliphatic rings. The topological polar surface area (TPSA) is 113 Å². The van der Waals surface area contributed by atoms with Crippen molar-refractivity contribution in [3.05, 3.63) is 29.3 Å². The van der Waals surface area contributed by atoms with Crippen LogP contribution in [0.3, 0.4) is 0 Å². The van der Waals surface area contributed by atoms with Gasteiger partial charge >= 0.3 is 5.97 Å². The van der Waals surface area contributed by atoms with Gasteiger partial charge in [0.1, 0.15) is 0 Å². The van der Waals surface area contributed by atoms with Crippen molar-refractivity contribution in [3.63, 3.8) is 0 Å². The molecule has 1 atom stereocenters. The van der Waals surface area contributed by atoms with Crippen LogP contribution in [0.25, 0.3) is 0 Å². The minimum Gasteiger partial charge on any atom is -0.481 e. The number of nitrogens with zero attached hydrogens (tertiary/aromatic N) is 1. The molecule has 0 aromatic heterocycles. The van der Waals surface area contributed by atoms with E-state index in [0.717, 1.165) is 6.26 Å². The highest BCUT2D eigenvalue weighted by molar-refractivity contribution is 7.92. The van der Waals surface area contributed by atoms with E-state index in [-0.39, 0.29) is 18.9 Å². The van der Waals surface area contributed by atoms with E-state index in [1.807, 2.05) is 0 Å². The van der Waals surface area contributed by atoms with Crippen LogP contribution in [0, 0.1) is 6.92 Å². The Morgan fingerprint density at radius 3 is 2.75 bits per heavy atom. The van der Waals surface area contributed by atoms with Gasteiger partial charge in [0.2, 0.25) is 10.0 Å². The standard InChI is InChI=1S/C15H20N2O6S/c1-10-3-4-11(7-13(10)16-24(2,21)22)15(20)17-5-6-23-9-12(17)8-14(18)19/h3-4,7,12,16H,5-6,8-9H2,1-2H3,(H,18,19). The molecule has 1 aromatic carbocycles. The zero-order valence-corrected chi connectivity index (χ0v) is 14.3. The fourth-order valence-electron chi connectivity index (χ4n) is 2.52. The molecule has 0 aliphatic carbocycles. The summed E-state index contributed by atoms with van der Waals surface area (Å²) in [5, 5.41) is 8.97. The molecule has 0 spiro atoms. The second kappa shape index (κ2) is 7.18. The van der Waals surface area contributed by atoms with Gasteiger partial charge in [-0.05, 0) is 24.6 Å². The lowest BCUT2D eigenvalue weighted by Gasteiger charge is -2.35. The summed E-state index contributed by atoms with van der Waals surface area (Å²) in [5.41, 5.74) is 1.30. The molecule has 8 nitrogen and oxygen atoms in total. The van der Waals surface area contributed by atoms with E-state index in [1.54, 1.807) is 19.1 Å². The third kappa shape index (κ3) is 4.68. The van der Waals surface area contributed by atoms with Crippen LogP contribution in [0.4, 0.5) is 5.69 Å². The molecule has 9 heteroatoms. The molecule has 24 heavy (non-hydrogen) atoms. The minimum atomic E-state index is -3.47. The van der Waals surface area contributed by atoms with Gasteiger partial charge in [0, 0.05) is 12.1 Å². The van der Waals surface area contributed by atoms with Gasteiger partial charge < -0.3 is 14.7 Å². The Morgan fingerprint density at radius 1 is 1.42 bits per heavy atom. The minimum absolute atomic E-state index is 0.165. The summed E-state index contributed by atoms with van der Waals surface area (Å²) in [6.07, 6.45) is 0.831. The number of carbonyl (C=O) groups is 2. The quantitative estimate of drug-likeness (QED) is 0.802. The number of morpholine rings is 1. The Kier molecular flexibility index (Phi) is 5.45. The molecule has 0 saturated carbocycles. The van der Waals surface area contributed by atoms with Crippen LogP contribution in [-0.4, -0.2) is 62.4 Å². The number of hydrogen-bond acceptors (Lipinski definition) is 5. The third-order valence-corrected chi connectivity index (χ3v) is 4.27. The van der Waals surface area contributed by atoms with Gasteiger partial charge in [0.15, 0.2) is 0 Å².